The molecule has 1 atom stereocenters. The Morgan fingerprint density at radius 2 is 1.82 bits per heavy atom. The van der Waals surface area contributed by atoms with Crippen LogP contribution in [0, 0.1) is 0 Å². The molecule has 2 saturated heterocycles. The number of unbranched alkanes of at least 4 members (excludes halogenated alkanes) is 1. The van der Waals surface area contributed by atoms with E-state index in [4.69, 9.17) is 5.11 Å². The van der Waals surface area contributed by atoms with Gasteiger partial charge in [-0.25, -0.2) is 0 Å². The number of piperazine rings is 1. The fourth-order valence-corrected chi connectivity index (χ4v) is 3.64. The van der Waals surface area contributed by atoms with E-state index in [-0.39, 0.29) is 24.3 Å². The molecule has 0 aromatic heterocycles. The van der Waals surface area contributed by atoms with Crippen molar-refractivity contribution < 1.29 is 19.5 Å². The lowest BCUT2D eigenvalue weighted by Crippen LogP contribution is -2.47. The Kier molecular flexibility index (Phi) is 6.86. The number of carboxylic acid groups (broad SMARTS) is 1. The van der Waals surface area contributed by atoms with Gasteiger partial charge in [-0.1, -0.05) is 0 Å². The number of anilines is 2. The summed E-state index contributed by atoms with van der Waals surface area (Å²) in [6, 6.07) is 7.68. The topological polar surface area (TPSA) is 102 Å². The molecule has 2 heterocycles. The number of hydrogen-bond donors (Lipinski definition) is 3. The summed E-state index contributed by atoms with van der Waals surface area (Å²) in [6.07, 6.45) is 2.78. The van der Waals surface area contributed by atoms with Crippen LogP contribution in [0.1, 0.15) is 32.1 Å². The van der Waals surface area contributed by atoms with E-state index in [2.05, 4.69) is 32.6 Å². The molecule has 0 radical (unpaired) electrons. The van der Waals surface area contributed by atoms with Crippen LogP contribution in [0.15, 0.2) is 24.3 Å². The lowest BCUT2D eigenvalue weighted by atomic mass is 10.1. The van der Waals surface area contributed by atoms with Gasteiger partial charge in [0.15, 0.2) is 0 Å². The monoisotopic (exact) mass is 388 g/mol. The summed E-state index contributed by atoms with van der Waals surface area (Å²) in [5.41, 5.74) is 2.02. The van der Waals surface area contributed by atoms with Gasteiger partial charge in [0.05, 0.1) is 0 Å². The fraction of sp³-hybridized carbons (Fsp3) is 0.550. The van der Waals surface area contributed by atoms with E-state index in [1.807, 2.05) is 12.1 Å². The largest absolute Gasteiger partial charge is 0.481 e. The first kappa shape index (κ1) is 20.1. The van der Waals surface area contributed by atoms with Crippen LogP contribution in [-0.2, 0) is 14.4 Å². The molecule has 8 heteroatoms. The number of amides is 2. The van der Waals surface area contributed by atoms with E-state index < -0.39 is 5.97 Å². The lowest BCUT2D eigenvalue weighted by Gasteiger charge is -2.36. The average Bonchev–Trinajstić information content (AvgIpc) is 2.68. The Morgan fingerprint density at radius 1 is 1.11 bits per heavy atom. The SMILES string of the molecule is O=C(O)CCCCN1CCN(c2ccc(NC3CCC(=O)NC3=O)cc2)CC1. The third-order valence-electron chi connectivity index (χ3n) is 5.30. The van der Waals surface area contributed by atoms with Gasteiger partial charge < -0.3 is 15.3 Å². The first-order valence-corrected chi connectivity index (χ1v) is 9.90. The van der Waals surface area contributed by atoms with Crippen LogP contribution in [-0.4, -0.2) is 66.6 Å². The maximum absolute atomic E-state index is 11.8. The number of piperidine rings is 1. The van der Waals surface area contributed by atoms with Crippen molar-refractivity contribution in [2.45, 2.75) is 38.1 Å². The molecule has 152 valence electrons. The Balaban J connectivity index is 1.42. The zero-order valence-electron chi connectivity index (χ0n) is 16.0. The zero-order chi connectivity index (χ0) is 19.9. The summed E-state index contributed by atoms with van der Waals surface area (Å²) >= 11 is 0. The second-order valence-electron chi connectivity index (χ2n) is 7.37. The van der Waals surface area contributed by atoms with Crippen LogP contribution >= 0.6 is 0 Å². The van der Waals surface area contributed by atoms with E-state index in [0.29, 0.717) is 12.8 Å². The molecule has 1 aromatic rings. The molecule has 8 nitrogen and oxygen atoms in total. The molecule has 3 N–H and O–H groups in total. The van der Waals surface area contributed by atoms with Crippen molar-refractivity contribution in [2.24, 2.45) is 0 Å². The minimum absolute atomic E-state index is 0.209. The van der Waals surface area contributed by atoms with Crippen molar-refractivity contribution in [1.82, 2.24) is 10.2 Å². The number of hydrogen-bond acceptors (Lipinski definition) is 6. The van der Waals surface area contributed by atoms with E-state index in [1.54, 1.807) is 0 Å². The van der Waals surface area contributed by atoms with E-state index in [1.165, 1.54) is 0 Å². The highest BCUT2D eigenvalue weighted by molar-refractivity contribution is 6.01. The Hall–Kier alpha value is -2.61. The normalized spacial score (nSPS) is 20.7. The number of benzene rings is 1. The molecule has 1 unspecified atom stereocenters. The lowest BCUT2D eigenvalue weighted by molar-refractivity contribution is -0.137. The molecule has 1 aromatic carbocycles. The van der Waals surface area contributed by atoms with E-state index >= 15 is 0 Å². The summed E-state index contributed by atoms with van der Waals surface area (Å²) in [5, 5.41) is 14.2. The first-order chi connectivity index (χ1) is 13.5. The predicted octanol–water partition coefficient (Wildman–Crippen LogP) is 1.28. The average molecular weight is 388 g/mol. The first-order valence-electron chi connectivity index (χ1n) is 9.90. The molecule has 28 heavy (non-hydrogen) atoms. The second kappa shape index (κ2) is 9.54. The number of carbonyl (C=O) groups is 3. The van der Waals surface area contributed by atoms with Gasteiger partial charge in [0, 0.05) is 50.4 Å². The summed E-state index contributed by atoms with van der Waals surface area (Å²) < 4.78 is 0. The highest BCUT2D eigenvalue weighted by atomic mass is 16.4. The molecule has 0 aliphatic carbocycles. The molecule has 3 rings (SSSR count). The highest BCUT2D eigenvalue weighted by Gasteiger charge is 2.26. The molecular formula is C20H28N4O4. The molecule has 2 fully saturated rings. The third kappa shape index (κ3) is 5.69. The van der Waals surface area contributed by atoms with Gasteiger partial charge in [-0.05, 0) is 50.1 Å². The summed E-state index contributed by atoms with van der Waals surface area (Å²) in [4.78, 5) is 38.3. The van der Waals surface area contributed by atoms with Crippen molar-refractivity contribution in [3.05, 3.63) is 24.3 Å². The quantitative estimate of drug-likeness (QED) is 0.455. The van der Waals surface area contributed by atoms with E-state index in [9.17, 15) is 14.4 Å². The van der Waals surface area contributed by atoms with Crippen molar-refractivity contribution >= 4 is 29.2 Å². The van der Waals surface area contributed by atoms with Crippen LogP contribution in [0.25, 0.3) is 0 Å². The van der Waals surface area contributed by atoms with Crippen molar-refractivity contribution in [3.63, 3.8) is 0 Å². The Morgan fingerprint density at radius 3 is 2.46 bits per heavy atom. The molecule has 2 amide bonds. The number of aliphatic carboxylic acids is 1. The standard InChI is InChI=1S/C20H28N4O4/c25-18-9-8-17(20(28)22-18)21-15-4-6-16(7-5-15)24-13-11-23(12-14-24)10-2-1-3-19(26)27/h4-7,17,21H,1-3,8-14H2,(H,26,27)(H,22,25,28). The van der Waals surface area contributed by atoms with Crippen molar-refractivity contribution in [1.29, 1.82) is 0 Å². The van der Waals surface area contributed by atoms with Crippen molar-refractivity contribution in [2.75, 3.05) is 42.9 Å². The molecular weight excluding hydrogens is 360 g/mol. The number of imide groups is 1. The summed E-state index contributed by atoms with van der Waals surface area (Å²) in [5.74, 6) is -1.19. The number of carboxylic acids is 1. The minimum Gasteiger partial charge on any atom is -0.481 e. The number of nitrogens with zero attached hydrogens (tertiary/aromatic N) is 2. The van der Waals surface area contributed by atoms with Crippen molar-refractivity contribution in [3.8, 4) is 0 Å². The molecule has 2 aliphatic rings. The van der Waals surface area contributed by atoms with Crippen LogP contribution in [0.4, 0.5) is 11.4 Å². The predicted molar refractivity (Wildman–Crippen MR) is 106 cm³/mol. The van der Waals surface area contributed by atoms with Crippen LogP contribution in [0.5, 0.6) is 0 Å². The third-order valence-corrected chi connectivity index (χ3v) is 5.30. The highest BCUT2D eigenvalue weighted by Crippen LogP contribution is 2.21. The van der Waals surface area contributed by atoms with Gasteiger partial charge in [-0.3, -0.25) is 24.6 Å². The van der Waals surface area contributed by atoms with Gasteiger partial charge in [0.2, 0.25) is 11.8 Å². The second-order valence-corrected chi connectivity index (χ2v) is 7.37. The fourth-order valence-electron chi connectivity index (χ4n) is 3.64. The minimum atomic E-state index is -0.722. The maximum atomic E-state index is 11.8. The molecule has 2 aliphatic heterocycles. The Labute approximate surface area is 164 Å². The number of rotatable bonds is 8. The maximum Gasteiger partial charge on any atom is 0.303 e. The van der Waals surface area contributed by atoms with Gasteiger partial charge in [-0.15, -0.1) is 0 Å². The zero-order valence-corrected chi connectivity index (χ0v) is 16.0. The summed E-state index contributed by atoms with van der Waals surface area (Å²) in [6.45, 7) is 4.79. The van der Waals surface area contributed by atoms with Gasteiger partial charge in [0.25, 0.3) is 0 Å². The van der Waals surface area contributed by atoms with Gasteiger partial charge >= 0.3 is 5.97 Å². The van der Waals surface area contributed by atoms with Gasteiger partial charge in [-0.2, -0.15) is 0 Å². The van der Waals surface area contributed by atoms with Crippen LogP contribution < -0.4 is 15.5 Å². The van der Waals surface area contributed by atoms with Gasteiger partial charge in [0.1, 0.15) is 6.04 Å². The smallest absolute Gasteiger partial charge is 0.303 e. The van der Waals surface area contributed by atoms with Crippen LogP contribution in [0.2, 0.25) is 0 Å². The molecule has 0 saturated carbocycles. The number of nitrogens with one attached hydrogen (secondary N) is 2. The Bertz CT molecular complexity index is 699. The van der Waals surface area contributed by atoms with E-state index in [0.717, 1.165) is 56.9 Å². The summed E-state index contributed by atoms with van der Waals surface area (Å²) in [7, 11) is 0. The number of carbonyl (C=O) groups excluding carboxylic acids is 2. The molecule has 0 spiro atoms. The van der Waals surface area contributed by atoms with Crippen LogP contribution in [0.3, 0.4) is 0 Å². The molecule has 0 bridgehead atoms.